The third-order valence-electron chi connectivity index (χ3n) is 6.19. The molecule has 0 atom stereocenters. The van der Waals surface area contributed by atoms with Gasteiger partial charge in [0, 0.05) is 29.1 Å². The molecule has 2 aromatic carbocycles. The normalized spacial score (nSPS) is 10.7. The summed E-state index contributed by atoms with van der Waals surface area (Å²) in [6.07, 6.45) is 0.625. The number of amides is 2. The first-order valence-corrected chi connectivity index (χ1v) is 13.2. The van der Waals surface area contributed by atoms with Gasteiger partial charge in [-0.2, -0.15) is 0 Å². The van der Waals surface area contributed by atoms with Crippen molar-refractivity contribution in [2.45, 2.75) is 32.9 Å². The lowest BCUT2D eigenvalue weighted by atomic mass is 10.1. The highest BCUT2D eigenvalue weighted by Crippen LogP contribution is 2.28. The van der Waals surface area contributed by atoms with E-state index in [1.54, 1.807) is 53.6 Å². The van der Waals surface area contributed by atoms with Gasteiger partial charge in [-0.25, -0.2) is 0 Å². The van der Waals surface area contributed by atoms with Crippen LogP contribution in [-0.4, -0.2) is 69.2 Å². The van der Waals surface area contributed by atoms with E-state index >= 15 is 0 Å². The largest absolute Gasteiger partial charge is 0.497 e. The molecule has 0 bridgehead atoms. The second kappa shape index (κ2) is 13.7. The molecule has 9 heteroatoms. The zero-order valence-corrected chi connectivity index (χ0v) is 23.7. The number of rotatable bonds is 13. The van der Waals surface area contributed by atoms with Crippen molar-refractivity contribution in [3.63, 3.8) is 0 Å². The van der Waals surface area contributed by atoms with Gasteiger partial charge in [-0.05, 0) is 61.5 Å². The summed E-state index contributed by atoms with van der Waals surface area (Å²) in [6.45, 7) is 4.70. The van der Waals surface area contributed by atoms with Crippen LogP contribution in [0.5, 0.6) is 23.0 Å². The molecule has 0 fully saturated rings. The third kappa shape index (κ3) is 7.41. The summed E-state index contributed by atoms with van der Waals surface area (Å²) in [7, 11) is 6.27. The van der Waals surface area contributed by atoms with Gasteiger partial charge in [-0.1, -0.05) is 12.1 Å². The SMILES string of the molecule is COc1cc(OC)cc(C(=O)N(CC(=O)N(CCc2ccc(OC)c(OC)c2)Cc2cccs2)C(C)C)c1. The Kier molecular flexibility index (Phi) is 10.4. The maximum Gasteiger partial charge on any atom is 0.254 e. The lowest BCUT2D eigenvalue weighted by Crippen LogP contribution is -2.46. The van der Waals surface area contributed by atoms with E-state index in [9.17, 15) is 9.59 Å². The molecule has 1 aromatic heterocycles. The lowest BCUT2D eigenvalue weighted by molar-refractivity contribution is -0.132. The second-order valence-electron chi connectivity index (χ2n) is 8.96. The van der Waals surface area contributed by atoms with Crippen molar-refractivity contribution < 1.29 is 28.5 Å². The molecule has 0 aliphatic carbocycles. The molecule has 0 unspecified atom stereocenters. The fraction of sp³-hybridized carbons (Fsp3) is 0.379. The molecular weight excluding hydrogens is 504 g/mol. The number of nitrogens with zero attached hydrogens (tertiary/aromatic N) is 2. The van der Waals surface area contributed by atoms with Crippen LogP contribution in [0.15, 0.2) is 53.9 Å². The fourth-order valence-electron chi connectivity index (χ4n) is 4.01. The number of ether oxygens (including phenoxy) is 4. The lowest BCUT2D eigenvalue weighted by Gasteiger charge is -2.30. The number of benzene rings is 2. The van der Waals surface area contributed by atoms with Gasteiger partial charge >= 0.3 is 0 Å². The molecule has 0 N–H and O–H groups in total. The Morgan fingerprint density at radius 2 is 1.55 bits per heavy atom. The Morgan fingerprint density at radius 3 is 2.11 bits per heavy atom. The predicted molar refractivity (Wildman–Crippen MR) is 149 cm³/mol. The summed E-state index contributed by atoms with van der Waals surface area (Å²) in [5.41, 5.74) is 1.42. The first kappa shape index (κ1) is 28.8. The Balaban J connectivity index is 1.81. The van der Waals surface area contributed by atoms with Gasteiger partial charge in [0.15, 0.2) is 11.5 Å². The van der Waals surface area contributed by atoms with E-state index in [0.29, 0.717) is 48.1 Å². The van der Waals surface area contributed by atoms with Crippen LogP contribution in [-0.2, 0) is 17.8 Å². The van der Waals surface area contributed by atoms with Crippen LogP contribution in [0, 0.1) is 0 Å². The summed E-state index contributed by atoms with van der Waals surface area (Å²) >= 11 is 1.60. The molecule has 0 saturated heterocycles. The summed E-state index contributed by atoms with van der Waals surface area (Å²) in [5.74, 6) is 1.93. The van der Waals surface area contributed by atoms with Crippen molar-refractivity contribution in [2.24, 2.45) is 0 Å². The van der Waals surface area contributed by atoms with Gasteiger partial charge in [0.05, 0.1) is 35.0 Å². The topological polar surface area (TPSA) is 77.5 Å². The van der Waals surface area contributed by atoms with E-state index in [1.807, 2.05) is 49.6 Å². The van der Waals surface area contributed by atoms with Crippen molar-refractivity contribution in [1.82, 2.24) is 9.80 Å². The van der Waals surface area contributed by atoms with Gasteiger partial charge in [-0.3, -0.25) is 9.59 Å². The average molecular weight is 541 g/mol. The first-order valence-electron chi connectivity index (χ1n) is 12.3. The Bertz CT molecular complexity index is 1190. The average Bonchev–Trinajstić information content (AvgIpc) is 3.45. The summed E-state index contributed by atoms with van der Waals surface area (Å²) in [5, 5.41) is 1.99. The van der Waals surface area contributed by atoms with Crippen LogP contribution >= 0.6 is 11.3 Å². The van der Waals surface area contributed by atoms with Crippen LogP contribution in [0.25, 0.3) is 0 Å². The monoisotopic (exact) mass is 540 g/mol. The predicted octanol–water partition coefficient (Wildman–Crippen LogP) is 4.90. The van der Waals surface area contributed by atoms with Gasteiger partial charge in [0.25, 0.3) is 5.91 Å². The zero-order valence-electron chi connectivity index (χ0n) is 22.9. The molecule has 38 heavy (non-hydrogen) atoms. The van der Waals surface area contributed by atoms with Gasteiger partial charge in [-0.15, -0.1) is 11.3 Å². The molecule has 3 rings (SSSR count). The molecular formula is C29H36N2O6S. The molecule has 2 amide bonds. The van der Waals surface area contributed by atoms with E-state index in [1.165, 1.54) is 14.2 Å². The number of thiophene rings is 1. The van der Waals surface area contributed by atoms with Gasteiger partial charge in [0.1, 0.15) is 18.0 Å². The summed E-state index contributed by atoms with van der Waals surface area (Å²) in [4.78, 5) is 31.6. The summed E-state index contributed by atoms with van der Waals surface area (Å²) in [6, 6.07) is 14.6. The maximum absolute atomic E-state index is 13.7. The van der Waals surface area contributed by atoms with Crippen LogP contribution in [0.3, 0.4) is 0 Å². The van der Waals surface area contributed by atoms with Crippen molar-refractivity contribution in [1.29, 1.82) is 0 Å². The molecule has 0 saturated carbocycles. The van der Waals surface area contributed by atoms with Crippen LogP contribution < -0.4 is 18.9 Å². The van der Waals surface area contributed by atoms with Crippen molar-refractivity contribution in [3.05, 3.63) is 69.9 Å². The van der Waals surface area contributed by atoms with Crippen molar-refractivity contribution in [2.75, 3.05) is 41.5 Å². The summed E-state index contributed by atoms with van der Waals surface area (Å²) < 4.78 is 21.4. The first-order chi connectivity index (χ1) is 18.3. The highest BCUT2D eigenvalue weighted by atomic mass is 32.1. The number of methoxy groups -OCH3 is 4. The quantitative estimate of drug-likeness (QED) is 0.307. The van der Waals surface area contributed by atoms with Crippen LogP contribution in [0.2, 0.25) is 0 Å². The molecule has 0 spiro atoms. The molecule has 3 aromatic rings. The van der Waals surface area contributed by atoms with Crippen LogP contribution in [0.4, 0.5) is 0 Å². The Morgan fingerprint density at radius 1 is 0.868 bits per heavy atom. The maximum atomic E-state index is 13.7. The fourth-order valence-corrected chi connectivity index (χ4v) is 4.73. The van der Waals surface area contributed by atoms with E-state index in [2.05, 4.69) is 0 Å². The highest BCUT2D eigenvalue weighted by molar-refractivity contribution is 7.09. The number of carbonyl (C=O) groups excluding carboxylic acids is 2. The highest BCUT2D eigenvalue weighted by Gasteiger charge is 2.26. The van der Waals surface area contributed by atoms with Crippen LogP contribution in [0.1, 0.15) is 34.6 Å². The van der Waals surface area contributed by atoms with Crippen molar-refractivity contribution >= 4 is 23.2 Å². The molecule has 0 radical (unpaired) electrons. The number of carbonyl (C=O) groups is 2. The minimum atomic E-state index is -0.262. The van der Waals surface area contributed by atoms with E-state index in [-0.39, 0.29) is 24.4 Å². The molecule has 0 aliphatic heterocycles. The van der Waals surface area contributed by atoms with E-state index in [4.69, 9.17) is 18.9 Å². The van der Waals surface area contributed by atoms with Gasteiger partial charge < -0.3 is 28.7 Å². The van der Waals surface area contributed by atoms with E-state index < -0.39 is 0 Å². The van der Waals surface area contributed by atoms with E-state index in [0.717, 1.165) is 10.4 Å². The Labute approximate surface area is 228 Å². The molecule has 204 valence electrons. The standard InChI is InChI=1S/C29H36N2O6S/c1-20(2)31(29(33)22-15-23(34-3)17-24(16-22)35-4)19-28(32)30(18-25-8-7-13-38-25)12-11-21-9-10-26(36-5)27(14-21)37-6/h7-10,13-17,20H,11-12,18-19H2,1-6H3. The smallest absolute Gasteiger partial charge is 0.254 e. The third-order valence-corrected chi connectivity index (χ3v) is 7.05. The van der Waals surface area contributed by atoms with Gasteiger partial charge in [0.2, 0.25) is 5.91 Å². The molecule has 1 heterocycles. The molecule has 8 nitrogen and oxygen atoms in total. The number of hydrogen-bond acceptors (Lipinski definition) is 7. The zero-order chi connectivity index (χ0) is 27.7. The second-order valence-corrected chi connectivity index (χ2v) is 9.99. The Hall–Kier alpha value is -3.72. The minimum absolute atomic E-state index is 0.0483. The number of hydrogen-bond donors (Lipinski definition) is 0. The minimum Gasteiger partial charge on any atom is -0.497 e. The molecule has 0 aliphatic rings. The van der Waals surface area contributed by atoms with Crippen molar-refractivity contribution in [3.8, 4) is 23.0 Å².